The van der Waals surface area contributed by atoms with E-state index in [1.807, 2.05) is 11.4 Å². The Morgan fingerprint density at radius 1 is 1.46 bits per heavy atom. The summed E-state index contributed by atoms with van der Waals surface area (Å²) in [6.07, 6.45) is 1.74. The molecule has 13 heavy (non-hydrogen) atoms. The second kappa shape index (κ2) is 4.11. The maximum atomic E-state index is 3.92. The minimum Gasteiger partial charge on any atom is -0.305 e. The molecule has 0 aliphatic carbocycles. The van der Waals surface area contributed by atoms with Crippen molar-refractivity contribution in [3.05, 3.63) is 29.0 Å². The standard InChI is InChI=1S/C7H9N5S/c1-2-9-10-6(1)3-8-4-7-5-13-12-11-7/h1-2,5,8H,3-4H2,(H,9,10). The van der Waals surface area contributed by atoms with Crippen LogP contribution < -0.4 is 5.32 Å². The summed E-state index contributed by atoms with van der Waals surface area (Å²) in [5, 5.41) is 15.8. The lowest BCUT2D eigenvalue weighted by molar-refractivity contribution is 0.663. The monoisotopic (exact) mass is 195 g/mol. The van der Waals surface area contributed by atoms with Crippen molar-refractivity contribution >= 4 is 11.5 Å². The summed E-state index contributed by atoms with van der Waals surface area (Å²) in [5.41, 5.74) is 2.05. The van der Waals surface area contributed by atoms with Crippen molar-refractivity contribution < 1.29 is 0 Å². The summed E-state index contributed by atoms with van der Waals surface area (Å²) in [6, 6.07) is 1.94. The molecular weight excluding hydrogens is 186 g/mol. The Bertz CT molecular complexity index is 293. The van der Waals surface area contributed by atoms with E-state index in [1.165, 1.54) is 11.5 Å². The van der Waals surface area contributed by atoms with Gasteiger partial charge in [0.1, 0.15) is 0 Å². The maximum Gasteiger partial charge on any atom is 0.0893 e. The molecule has 0 unspecified atom stereocenters. The fourth-order valence-corrected chi connectivity index (χ4v) is 1.42. The number of H-pyrrole nitrogens is 1. The molecule has 2 N–H and O–H groups in total. The van der Waals surface area contributed by atoms with Crippen LogP contribution in [0.25, 0.3) is 0 Å². The van der Waals surface area contributed by atoms with Gasteiger partial charge in [-0.15, -0.1) is 5.10 Å². The predicted molar refractivity (Wildman–Crippen MR) is 49.0 cm³/mol. The van der Waals surface area contributed by atoms with Crippen molar-refractivity contribution in [3.8, 4) is 0 Å². The van der Waals surface area contributed by atoms with Gasteiger partial charge < -0.3 is 5.32 Å². The fraction of sp³-hybridized carbons (Fsp3) is 0.286. The third-order valence-corrected chi connectivity index (χ3v) is 2.14. The topological polar surface area (TPSA) is 66.5 Å². The van der Waals surface area contributed by atoms with Crippen LogP contribution in [0.1, 0.15) is 11.4 Å². The van der Waals surface area contributed by atoms with Gasteiger partial charge in [0.05, 0.1) is 5.69 Å². The first kappa shape index (κ1) is 8.33. The molecule has 2 rings (SSSR count). The van der Waals surface area contributed by atoms with Gasteiger partial charge in [0.25, 0.3) is 0 Å². The zero-order valence-electron chi connectivity index (χ0n) is 6.90. The van der Waals surface area contributed by atoms with Crippen LogP contribution in [0.5, 0.6) is 0 Å². The quantitative estimate of drug-likeness (QED) is 0.747. The van der Waals surface area contributed by atoms with Crippen molar-refractivity contribution in [2.75, 3.05) is 0 Å². The first-order valence-corrected chi connectivity index (χ1v) is 4.74. The van der Waals surface area contributed by atoms with E-state index >= 15 is 0 Å². The molecule has 0 fully saturated rings. The number of aromatic nitrogens is 4. The number of hydrogen-bond acceptors (Lipinski definition) is 5. The van der Waals surface area contributed by atoms with E-state index in [1.54, 1.807) is 6.20 Å². The number of hydrogen-bond donors (Lipinski definition) is 2. The van der Waals surface area contributed by atoms with Crippen LogP contribution in [-0.4, -0.2) is 19.8 Å². The number of nitrogens with zero attached hydrogens (tertiary/aromatic N) is 3. The van der Waals surface area contributed by atoms with Gasteiger partial charge in [-0.25, -0.2) is 0 Å². The SMILES string of the molecule is c1cc(CNCc2csnn2)[nH]n1. The summed E-state index contributed by atoms with van der Waals surface area (Å²) >= 11 is 1.37. The molecule has 2 heterocycles. The van der Waals surface area contributed by atoms with Gasteiger partial charge in [0.15, 0.2) is 0 Å². The van der Waals surface area contributed by atoms with Crippen molar-refractivity contribution in [3.63, 3.8) is 0 Å². The van der Waals surface area contributed by atoms with Crippen molar-refractivity contribution in [2.24, 2.45) is 0 Å². The van der Waals surface area contributed by atoms with E-state index in [-0.39, 0.29) is 0 Å². The van der Waals surface area contributed by atoms with Gasteiger partial charge in [0.2, 0.25) is 0 Å². The molecule has 5 nitrogen and oxygen atoms in total. The van der Waals surface area contributed by atoms with Gasteiger partial charge in [-0.05, 0) is 17.6 Å². The first-order valence-electron chi connectivity index (χ1n) is 3.90. The molecule has 6 heteroatoms. The Morgan fingerprint density at radius 3 is 3.15 bits per heavy atom. The second-order valence-electron chi connectivity index (χ2n) is 2.58. The molecule has 0 saturated heterocycles. The lowest BCUT2D eigenvalue weighted by Crippen LogP contribution is -2.13. The largest absolute Gasteiger partial charge is 0.305 e. The minimum absolute atomic E-state index is 0.746. The van der Waals surface area contributed by atoms with Gasteiger partial charge in [-0.2, -0.15) is 5.10 Å². The molecule has 0 bridgehead atoms. The molecular formula is C7H9N5S. The van der Waals surface area contributed by atoms with Crippen LogP contribution in [0.15, 0.2) is 17.6 Å². The zero-order chi connectivity index (χ0) is 8.93. The highest BCUT2D eigenvalue weighted by molar-refractivity contribution is 7.03. The fourth-order valence-electron chi connectivity index (χ4n) is 0.969. The van der Waals surface area contributed by atoms with Gasteiger partial charge in [-0.1, -0.05) is 4.49 Å². The molecule has 0 atom stereocenters. The summed E-state index contributed by atoms with van der Waals surface area (Å²) in [4.78, 5) is 0. The highest BCUT2D eigenvalue weighted by Crippen LogP contribution is 1.97. The van der Waals surface area contributed by atoms with Gasteiger partial charge in [-0.3, -0.25) is 5.10 Å². The average Bonchev–Trinajstić information content (AvgIpc) is 2.75. The van der Waals surface area contributed by atoms with Gasteiger partial charge >= 0.3 is 0 Å². The van der Waals surface area contributed by atoms with Crippen LogP contribution in [0.4, 0.5) is 0 Å². The Hall–Kier alpha value is -1.27. The maximum absolute atomic E-state index is 3.92. The molecule has 0 aromatic carbocycles. The van der Waals surface area contributed by atoms with E-state index in [0.29, 0.717) is 0 Å². The molecule has 0 radical (unpaired) electrons. The molecule has 0 aliphatic rings. The molecule has 0 saturated carbocycles. The van der Waals surface area contributed by atoms with Crippen LogP contribution in [0, 0.1) is 0 Å². The normalized spacial score (nSPS) is 10.5. The summed E-state index contributed by atoms with van der Waals surface area (Å²) in [5.74, 6) is 0. The Labute approximate surface area is 79.4 Å². The highest BCUT2D eigenvalue weighted by atomic mass is 32.1. The third kappa shape index (κ3) is 2.33. The molecule has 2 aromatic rings. The van der Waals surface area contributed by atoms with Crippen LogP contribution in [0.3, 0.4) is 0 Å². The van der Waals surface area contributed by atoms with E-state index < -0.39 is 0 Å². The second-order valence-corrected chi connectivity index (χ2v) is 3.19. The lowest BCUT2D eigenvalue weighted by Gasteiger charge is -1.98. The van der Waals surface area contributed by atoms with Crippen LogP contribution in [-0.2, 0) is 13.1 Å². The summed E-state index contributed by atoms with van der Waals surface area (Å²) in [7, 11) is 0. The van der Waals surface area contributed by atoms with Crippen LogP contribution >= 0.6 is 11.5 Å². The van der Waals surface area contributed by atoms with Gasteiger partial charge in [0, 0.05) is 30.4 Å². The molecule has 0 amide bonds. The van der Waals surface area contributed by atoms with E-state index in [9.17, 15) is 0 Å². The summed E-state index contributed by atoms with van der Waals surface area (Å²) < 4.78 is 3.77. The Balaban J connectivity index is 1.76. The smallest absolute Gasteiger partial charge is 0.0893 e. The number of aromatic amines is 1. The summed E-state index contributed by atoms with van der Waals surface area (Å²) in [6.45, 7) is 1.52. The molecule has 0 spiro atoms. The lowest BCUT2D eigenvalue weighted by atomic mass is 10.4. The predicted octanol–water partition coefficient (Wildman–Crippen LogP) is 0.551. The van der Waals surface area contributed by atoms with E-state index in [4.69, 9.17) is 0 Å². The third-order valence-electron chi connectivity index (χ3n) is 1.59. The van der Waals surface area contributed by atoms with Crippen molar-refractivity contribution in [1.29, 1.82) is 0 Å². The minimum atomic E-state index is 0.746. The highest BCUT2D eigenvalue weighted by Gasteiger charge is 1.96. The van der Waals surface area contributed by atoms with Crippen molar-refractivity contribution in [2.45, 2.75) is 13.1 Å². The number of nitrogens with one attached hydrogen (secondary N) is 2. The molecule has 0 aliphatic heterocycles. The Kier molecular flexibility index (Phi) is 2.63. The first-order chi connectivity index (χ1) is 6.45. The van der Waals surface area contributed by atoms with E-state index in [0.717, 1.165) is 24.5 Å². The average molecular weight is 195 g/mol. The number of rotatable bonds is 4. The van der Waals surface area contributed by atoms with Crippen molar-refractivity contribution in [1.82, 2.24) is 25.1 Å². The van der Waals surface area contributed by atoms with E-state index in [2.05, 4.69) is 25.1 Å². The van der Waals surface area contributed by atoms with Crippen LogP contribution in [0.2, 0.25) is 0 Å². The zero-order valence-corrected chi connectivity index (χ0v) is 7.71. The Morgan fingerprint density at radius 2 is 2.46 bits per heavy atom. The molecule has 2 aromatic heterocycles. The molecule has 68 valence electrons.